The van der Waals surface area contributed by atoms with Gasteiger partial charge < -0.3 is 20.3 Å². The minimum absolute atomic E-state index is 0.0496. The van der Waals surface area contributed by atoms with E-state index in [9.17, 15) is 18.9 Å². The van der Waals surface area contributed by atoms with E-state index in [4.69, 9.17) is 14.9 Å². The third-order valence-corrected chi connectivity index (χ3v) is 2.23. The van der Waals surface area contributed by atoms with Crippen LogP contribution >= 0.6 is 0 Å². The van der Waals surface area contributed by atoms with Crippen LogP contribution in [0.1, 0.15) is 0 Å². The third kappa shape index (κ3) is 5.33. The molecular formula is C11H14F2N2O5. The highest BCUT2D eigenvalue weighted by Gasteiger charge is 2.13. The average Bonchev–Trinajstić information content (AvgIpc) is 2.42. The number of anilines is 1. The van der Waals surface area contributed by atoms with E-state index in [1.54, 1.807) is 0 Å². The monoisotopic (exact) mass is 292 g/mol. The number of nitro benzene ring substituents is 1. The van der Waals surface area contributed by atoms with Gasteiger partial charge in [-0.15, -0.1) is 0 Å². The molecule has 9 heteroatoms. The molecule has 1 unspecified atom stereocenters. The maximum absolute atomic E-state index is 12.0. The Morgan fingerprint density at radius 1 is 1.40 bits per heavy atom. The minimum atomic E-state index is -2.69. The van der Waals surface area contributed by atoms with Gasteiger partial charge in [0.2, 0.25) is 0 Å². The van der Waals surface area contributed by atoms with Gasteiger partial charge in [0.25, 0.3) is 12.1 Å². The number of hydrogen-bond acceptors (Lipinski definition) is 6. The number of benzene rings is 1. The molecule has 0 spiro atoms. The summed E-state index contributed by atoms with van der Waals surface area (Å²) >= 11 is 0. The van der Waals surface area contributed by atoms with E-state index in [0.717, 1.165) is 6.07 Å². The highest BCUT2D eigenvalue weighted by atomic mass is 19.3. The summed E-state index contributed by atoms with van der Waals surface area (Å²) in [6.07, 6.45) is -3.73. The molecule has 112 valence electrons. The van der Waals surface area contributed by atoms with E-state index >= 15 is 0 Å². The smallest absolute Gasteiger partial charge is 0.275 e. The first-order valence-electron chi connectivity index (χ1n) is 5.65. The maximum atomic E-state index is 12.0. The zero-order valence-electron chi connectivity index (χ0n) is 10.3. The molecule has 0 aliphatic rings. The molecule has 3 N–H and O–H groups in total. The molecular weight excluding hydrogens is 278 g/mol. The van der Waals surface area contributed by atoms with Gasteiger partial charge in [-0.05, 0) is 0 Å². The van der Waals surface area contributed by atoms with Gasteiger partial charge in [-0.1, -0.05) is 0 Å². The van der Waals surface area contributed by atoms with Gasteiger partial charge in [0.05, 0.1) is 23.7 Å². The summed E-state index contributed by atoms with van der Waals surface area (Å²) in [4.78, 5) is 10.0. The Morgan fingerprint density at radius 3 is 2.65 bits per heavy atom. The summed E-state index contributed by atoms with van der Waals surface area (Å²) in [6, 6.07) is 3.48. The number of nitrogens with zero attached hydrogens (tertiary/aromatic N) is 1. The maximum Gasteiger partial charge on any atom is 0.275 e. The summed E-state index contributed by atoms with van der Waals surface area (Å²) in [5.41, 5.74) is -0.117. The van der Waals surface area contributed by atoms with E-state index in [2.05, 4.69) is 5.32 Å². The lowest BCUT2D eigenvalue weighted by Gasteiger charge is -2.12. The lowest BCUT2D eigenvalue weighted by molar-refractivity contribution is -0.384. The highest BCUT2D eigenvalue weighted by Crippen LogP contribution is 2.26. The van der Waals surface area contributed by atoms with Crippen molar-refractivity contribution >= 4 is 11.4 Å². The quantitative estimate of drug-likeness (QED) is 0.488. The molecule has 1 aromatic rings. The number of alkyl halides is 2. The van der Waals surface area contributed by atoms with Crippen molar-refractivity contribution in [1.82, 2.24) is 0 Å². The van der Waals surface area contributed by atoms with Crippen molar-refractivity contribution < 1.29 is 28.7 Å². The molecule has 1 rings (SSSR count). The molecule has 20 heavy (non-hydrogen) atoms. The Hall–Kier alpha value is -2.00. The van der Waals surface area contributed by atoms with Crippen molar-refractivity contribution in [2.45, 2.75) is 12.5 Å². The Balaban J connectivity index is 2.84. The predicted octanol–water partition coefficient (Wildman–Crippen LogP) is 1.00. The zero-order chi connectivity index (χ0) is 15.1. The minimum Gasteiger partial charge on any atom is -0.487 e. The van der Waals surface area contributed by atoms with Gasteiger partial charge in [0.1, 0.15) is 12.4 Å². The summed E-state index contributed by atoms with van der Waals surface area (Å²) in [5.74, 6) is -0.0829. The van der Waals surface area contributed by atoms with E-state index in [-0.39, 0.29) is 23.7 Å². The van der Waals surface area contributed by atoms with Crippen molar-refractivity contribution in [3.63, 3.8) is 0 Å². The van der Waals surface area contributed by atoms with Crippen LogP contribution in [-0.2, 0) is 0 Å². The van der Waals surface area contributed by atoms with Crippen LogP contribution in [0.4, 0.5) is 20.2 Å². The molecule has 0 heterocycles. The normalized spacial score (nSPS) is 12.2. The topological polar surface area (TPSA) is 105 Å². The van der Waals surface area contributed by atoms with Crippen LogP contribution in [0.25, 0.3) is 0 Å². The fourth-order valence-corrected chi connectivity index (χ4v) is 1.33. The number of hydrogen-bond donors (Lipinski definition) is 3. The van der Waals surface area contributed by atoms with Crippen molar-refractivity contribution in [2.75, 3.05) is 25.1 Å². The molecule has 0 amide bonds. The number of nitro groups is 1. The molecule has 1 atom stereocenters. The highest BCUT2D eigenvalue weighted by molar-refractivity contribution is 5.56. The molecule has 0 saturated heterocycles. The summed E-state index contributed by atoms with van der Waals surface area (Å²) in [5, 5.41) is 31.2. The first-order chi connectivity index (χ1) is 9.42. The van der Waals surface area contributed by atoms with Gasteiger partial charge in [0, 0.05) is 24.4 Å². The van der Waals surface area contributed by atoms with Crippen molar-refractivity contribution in [3.8, 4) is 5.75 Å². The van der Waals surface area contributed by atoms with E-state index in [0.29, 0.717) is 0 Å². The fourth-order valence-electron chi connectivity index (χ4n) is 1.33. The van der Waals surface area contributed by atoms with E-state index in [1.807, 2.05) is 0 Å². The molecule has 0 saturated carbocycles. The number of rotatable bonds is 8. The average molecular weight is 292 g/mol. The van der Waals surface area contributed by atoms with Crippen LogP contribution in [0.15, 0.2) is 18.2 Å². The van der Waals surface area contributed by atoms with Crippen molar-refractivity contribution in [3.05, 3.63) is 28.3 Å². The molecule has 0 aliphatic heterocycles. The molecule has 7 nitrogen and oxygen atoms in total. The predicted molar refractivity (Wildman–Crippen MR) is 66.2 cm³/mol. The van der Waals surface area contributed by atoms with Crippen molar-refractivity contribution in [2.24, 2.45) is 0 Å². The third-order valence-electron chi connectivity index (χ3n) is 2.23. The van der Waals surface area contributed by atoms with Crippen LogP contribution in [-0.4, -0.2) is 47.4 Å². The second-order valence-electron chi connectivity index (χ2n) is 3.89. The molecule has 1 aromatic carbocycles. The number of ether oxygens (including phenoxy) is 1. The van der Waals surface area contributed by atoms with Gasteiger partial charge in [0.15, 0.2) is 0 Å². The van der Waals surface area contributed by atoms with Crippen LogP contribution in [0.2, 0.25) is 0 Å². The molecule has 0 bridgehead atoms. The zero-order valence-corrected chi connectivity index (χ0v) is 10.3. The second-order valence-corrected chi connectivity index (χ2v) is 3.89. The molecule has 0 aromatic heterocycles. The first kappa shape index (κ1) is 16.1. The molecule has 0 aliphatic carbocycles. The second kappa shape index (κ2) is 7.56. The Bertz CT molecular complexity index is 458. The largest absolute Gasteiger partial charge is 0.487 e. The summed E-state index contributed by atoms with van der Waals surface area (Å²) in [7, 11) is 0. The number of non-ortho nitro benzene ring substituents is 1. The standard InChI is InChI=1S/C11H14F2N2O5/c12-11(13)6-20-10-2-7(14-4-9(17)5-16)1-8(3-10)15(18)19/h1-3,9,11,14,16-17H,4-6H2. The van der Waals surface area contributed by atoms with Gasteiger partial charge in [-0.25, -0.2) is 8.78 Å². The summed E-state index contributed by atoms with van der Waals surface area (Å²) < 4.78 is 28.8. The van der Waals surface area contributed by atoms with E-state index < -0.39 is 30.7 Å². The molecule has 0 radical (unpaired) electrons. The number of aliphatic hydroxyl groups is 2. The number of halogens is 2. The SMILES string of the molecule is O=[N+]([O-])c1cc(NCC(O)CO)cc(OCC(F)F)c1. The van der Waals surface area contributed by atoms with Gasteiger partial charge in [-0.3, -0.25) is 10.1 Å². The van der Waals surface area contributed by atoms with Gasteiger partial charge in [-0.2, -0.15) is 0 Å². The number of nitrogens with one attached hydrogen (secondary N) is 1. The van der Waals surface area contributed by atoms with Gasteiger partial charge >= 0.3 is 0 Å². The number of aliphatic hydroxyl groups excluding tert-OH is 2. The lowest BCUT2D eigenvalue weighted by atomic mass is 10.2. The van der Waals surface area contributed by atoms with E-state index in [1.165, 1.54) is 12.1 Å². The Morgan fingerprint density at radius 2 is 2.10 bits per heavy atom. The lowest BCUT2D eigenvalue weighted by Crippen LogP contribution is -2.23. The van der Waals surface area contributed by atoms with Crippen LogP contribution in [0, 0.1) is 10.1 Å². The first-order valence-corrected chi connectivity index (χ1v) is 5.65. The van der Waals surface area contributed by atoms with Crippen molar-refractivity contribution in [1.29, 1.82) is 0 Å². The Labute approximate surface area is 112 Å². The molecule has 0 fully saturated rings. The van der Waals surface area contributed by atoms with Crippen LogP contribution < -0.4 is 10.1 Å². The summed E-state index contributed by atoms with van der Waals surface area (Å²) in [6.45, 7) is -1.40. The van der Waals surface area contributed by atoms with Crippen LogP contribution in [0.5, 0.6) is 5.75 Å². The van der Waals surface area contributed by atoms with Crippen LogP contribution in [0.3, 0.4) is 0 Å². The Kier molecular flexibility index (Phi) is 6.07. The fraction of sp³-hybridized carbons (Fsp3) is 0.455.